The second-order valence-corrected chi connectivity index (χ2v) is 8.98. The van der Waals surface area contributed by atoms with Crippen LogP contribution in [0.4, 0.5) is 0 Å². The third-order valence-corrected chi connectivity index (χ3v) is 6.10. The van der Waals surface area contributed by atoms with Crippen molar-refractivity contribution < 1.29 is 17.7 Å². The Hall–Kier alpha value is -1.64. The van der Waals surface area contributed by atoms with Gasteiger partial charge >= 0.3 is 0 Å². The lowest BCUT2D eigenvalue weighted by atomic mass is 10.0. The number of pyridine rings is 1. The predicted octanol–water partition coefficient (Wildman–Crippen LogP) is 3.27. The maximum Gasteiger partial charge on any atom is 0.232 e. The van der Waals surface area contributed by atoms with Crippen LogP contribution < -0.4 is 9.46 Å². The van der Waals surface area contributed by atoms with Crippen molar-refractivity contribution in [3.05, 3.63) is 40.9 Å². The molecule has 1 unspecified atom stereocenters. The molecule has 2 heterocycles. The fraction of sp³-hybridized carbons (Fsp3) is 0.529. The standard InChI is InChI=1S/C17H22ClN3O4S/c1-3-17(2,11-24-16-14(18)5-4-8-19-16)21-26(22,23)10-13-9-15(25-20-13)12-6-7-12/h4-5,8-9,12,21H,3,6-7,10-11H2,1-2H3. The van der Waals surface area contributed by atoms with Gasteiger partial charge in [0, 0.05) is 18.2 Å². The summed E-state index contributed by atoms with van der Waals surface area (Å²) in [6.45, 7) is 3.76. The van der Waals surface area contributed by atoms with Crippen LogP contribution in [-0.4, -0.2) is 30.7 Å². The average Bonchev–Trinajstić information content (AvgIpc) is 3.34. The molecule has 0 amide bonds. The summed E-state index contributed by atoms with van der Waals surface area (Å²) in [6.07, 6.45) is 4.24. The van der Waals surface area contributed by atoms with Crippen LogP contribution in [0.3, 0.4) is 0 Å². The lowest BCUT2D eigenvalue weighted by Crippen LogP contribution is -2.50. The molecule has 0 aromatic carbocycles. The van der Waals surface area contributed by atoms with Crippen LogP contribution in [0.25, 0.3) is 0 Å². The van der Waals surface area contributed by atoms with Crippen LogP contribution in [0.5, 0.6) is 5.88 Å². The van der Waals surface area contributed by atoms with Crippen LogP contribution in [0.1, 0.15) is 50.5 Å². The van der Waals surface area contributed by atoms with E-state index < -0.39 is 15.6 Å². The van der Waals surface area contributed by atoms with E-state index in [0.29, 0.717) is 23.1 Å². The Balaban J connectivity index is 1.63. The first kappa shape index (κ1) is 19.1. The van der Waals surface area contributed by atoms with Crippen LogP contribution in [0.2, 0.25) is 5.02 Å². The number of ether oxygens (including phenoxy) is 1. The van der Waals surface area contributed by atoms with Gasteiger partial charge in [0.1, 0.15) is 28.8 Å². The van der Waals surface area contributed by atoms with E-state index in [2.05, 4.69) is 14.9 Å². The van der Waals surface area contributed by atoms with Gasteiger partial charge in [0.2, 0.25) is 15.9 Å². The highest BCUT2D eigenvalue weighted by Gasteiger charge is 2.32. The van der Waals surface area contributed by atoms with Gasteiger partial charge in [-0.2, -0.15) is 0 Å². The minimum Gasteiger partial charge on any atom is -0.475 e. The molecule has 26 heavy (non-hydrogen) atoms. The lowest BCUT2D eigenvalue weighted by molar-refractivity contribution is 0.204. The summed E-state index contributed by atoms with van der Waals surface area (Å²) in [5.41, 5.74) is -0.394. The summed E-state index contributed by atoms with van der Waals surface area (Å²) in [6, 6.07) is 5.09. The first-order valence-corrected chi connectivity index (χ1v) is 10.5. The molecule has 9 heteroatoms. The molecular formula is C17H22ClN3O4S. The largest absolute Gasteiger partial charge is 0.475 e. The Labute approximate surface area is 158 Å². The van der Waals surface area contributed by atoms with Crippen molar-refractivity contribution in [3.8, 4) is 5.88 Å². The van der Waals surface area contributed by atoms with Gasteiger partial charge in [-0.25, -0.2) is 18.1 Å². The van der Waals surface area contributed by atoms with Gasteiger partial charge in [0.15, 0.2) is 0 Å². The van der Waals surface area contributed by atoms with E-state index in [1.165, 1.54) is 0 Å². The molecule has 0 bridgehead atoms. The molecule has 1 saturated carbocycles. The number of hydrogen-bond acceptors (Lipinski definition) is 6. The molecule has 1 atom stereocenters. The van der Waals surface area contributed by atoms with Crippen LogP contribution >= 0.6 is 11.6 Å². The Morgan fingerprint density at radius 2 is 2.23 bits per heavy atom. The Morgan fingerprint density at radius 1 is 1.46 bits per heavy atom. The molecule has 0 saturated heterocycles. The maximum atomic E-state index is 12.6. The van der Waals surface area contributed by atoms with Crippen molar-refractivity contribution >= 4 is 21.6 Å². The van der Waals surface area contributed by atoms with E-state index in [4.69, 9.17) is 20.9 Å². The third-order valence-electron chi connectivity index (χ3n) is 4.33. The lowest BCUT2D eigenvalue weighted by Gasteiger charge is -2.28. The zero-order valence-electron chi connectivity index (χ0n) is 14.7. The highest BCUT2D eigenvalue weighted by atomic mass is 35.5. The minimum atomic E-state index is -3.62. The van der Waals surface area contributed by atoms with Gasteiger partial charge in [-0.15, -0.1) is 0 Å². The van der Waals surface area contributed by atoms with Gasteiger partial charge in [0.25, 0.3) is 0 Å². The molecule has 1 aliphatic rings. The average molecular weight is 400 g/mol. The van der Waals surface area contributed by atoms with E-state index in [-0.39, 0.29) is 18.2 Å². The van der Waals surface area contributed by atoms with Gasteiger partial charge in [-0.1, -0.05) is 23.7 Å². The van der Waals surface area contributed by atoms with Crippen molar-refractivity contribution in [1.82, 2.24) is 14.9 Å². The number of hydrogen-bond donors (Lipinski definition) is 1. The molecule has 2 aromatic rings. The van der Waals surface area contributed by atoms with E-state index in [1.807, 2.05) is 6.92 Å². The van der Waals surface area contributed by atoms with E-state index in [1.54, 1.807) is 31.3 Å². The van der Waals surface area contributed by atoms with Crippen LogP contribution in [0.15, 0.2) is 28.9 Å². The zero-order valence-corrected chi connectivity index (χ0v) is 16.3. The number of aromatic nitrogens is 2. The van der Waals surface area contributed by atoms with Gasteiger partial charge in [-0.3, -0.25) is 0 Å². The summed E-state index contributed by atoms with van der Waals surface area (Å²) in [7, 11) is -3.62. The molecular weight excluding hydrogens is 378 g/mol. The highest BCUT2D eigenvalue weighted by molar-refractivity contribution is 7.88. The SMILES string of the molecule is CCC(C)(COc1ncccc1Cl)NS(=O)(=O)Cc1cc(C2CC2)on1. The molecule has 2 aromatic heterocycles. The zero-order chi connectivity index (χ0) is 18.8. The third kappa shape index (κ3) is 4.96. The molecule has 0 radical (unpaired) electrons. The van der Waals surface area contributed by atoms with Crippen molar-refractivity contribution in [1.29, 1.82) is 0 Å². The van der Waals surface area contributed by atoms with Crippen LogP contribution in [0, 0.1) is 0 Å². The van der Waals surface area contributed by atoms with E-state index >= 15 is 0 Å². The molecule has 3 rings (SSSR count). The molecule has 1 aliphatic carbocycles. The second kappa shape index (κ2) is 7.54. The summed E-state index contributed by atoms with van der Waals surface area (Å²) < 4.78 is 38.7. The monoisotopic (exact) mass is 399 g/mol. The maximum absolute atomic E-state index is 12.6. The smallest absolute Gasteiger partial charge is 0.232 e. The number of rotatable bonds is 9. The van der Waals surface area contributed by atoms with Gasteiger partial charge < -0.3 is 9.26 Å². The summed E-state index contributed by atoms with van der Waals surface area (Å²) in [5.74, 6) is 1.20. The molecule has 142 valence electrons. The number of nitrogens with zero attached hydrogens (tertiary/aromatic N) is 2. The minimum absolute atomic E-state index is 0.103. The second-order valence-electron chi connectivity index (χ2n) is 6.85. The van der Waals surface area contributed by atoms with E-state index in [9.17, 15) is 8.42 Å². The van der Waals surface area contributed by atoms with Crippen LogP contribution in [-0.2, 0) is 15.8 Å². The highest BCUT2D eigenvalue weighted by Crippen LogP contribution is 2.40. The molecule has 1 fully saturated rings. The Morgan fingerprint density at radius 3 is 2.88 bits per heavy atom. The Kier molecular flexibility index (Phi) is 5.55. The number of halogens is 1. The molecule has 0 spiro atoms. The van der Waals surface area contributed by atoms with Crippen molar-refractivity contribution in [2.24, 2.45) is 0 Å². The van der Waals surface area contributed by atoms with E-state index in [0.717, 1.165) is 18.6 Å². The summed E-state index contributed by atoms with van der Waals surface area (Å²) in [5, 5.41) is 4.25. The van der Waals surface area contributed by atoms with Crippen molar-refractivity contribution in [2.75, 3.05) is 6.61 Å². The predicted molar refractivity (Wildman–Crippen MR) is 97.7 cm³/mol. The molecule has 7 nitrogen and oxygen atoms in total. The normalized spacial score (nSPS) is 17.0. The number of nitrogens with one attached hydrogen (secondary N) is 1. The number of sulfonamides is 1. The fourth-order valence-electron chi connectivity index (χ4n) is 2.47. The summed E-state index contributed by atoms with van der Waals surface area (Å²) in [4.78, 5) is 4.05. The first-order chi connectivity index (χ1) is 12.3. The Bertz CT molecular complexity index is 866. The molecule has 1 N–H and O–H groups in total. The fourth-order valence-corrected chi connectivity index (χ4v) is 4.20. The van der Waals surface area contributed by atoms with Crippen molar-refractivity contribution in [3.63, 3.8) is 0 Å². The van der Waals surface area contributed by atoms with Gasteiger partial charge in [-0.05, 0) is 38.3 Å². The first-order valence-electron chi connectivity index (χ1n) is 8.51. The summed E-state index contributed by atoms with van der Waals surface area (Å²) >= 11 is 6.02. The molecule has 0 aliphatic heterocycles. The topological polar surface area (TPSA) is 94.3 Å². The quantitative estimate of drug-likeness (QED) is 0.695. The van der Waals surface area contributed by atoms with Crippen molar-refractivity contribution in [2.45, 2.75) is 50.3 Å². The van der Waals surface area contributed by atoms with Gasteiger partial charge in [0.05, 0.1) is 5.54 Å².